The third-order valence-electron chi connectivity index (χ3n) is 8.60. The Labute approximate surface area is 218 Å². The molecule has 1 aromatic heterocycles. The van der Waals surface area contributed by atoms with Crippen LogP contribution in [0.5, 0.6) is 0 Å². The highest BCUT2D eigenvalue weighted by Crippen LogP contribution is 2.41. The van der Waals surface area contributed by atoms with E-state index in [2.05, 4.69) is 115 Å². The van der Waals surface area contributed by atoms with Crippen molar-refractivity contribution in [3.63, 3.8) is 0 Å². The Balaban J connectivity index is 1.46. The summed E-state index contributed by atoms with van der Waals surface area (Å²) in [6, 6.07) is 36.5. The van der Waals surface area contributed by atoms with Crippen LogP contribution in [0.25, 0.3) is 65.3 Å². The third kappa shape index (κ3) is 3.52. The lowest BCUT2D eigenvalue weighted by atomic mass is 9.89. The Hall–Kier alpha value is -3.84. The lowest BCUT2D eigenvalue weighted by Crippen LogP contribution is -2.10. The van der Waals surface area contributed by atoms with Crippen molar-refractivity contribution in [1.29, 1.82) is 0 Å². The smallest absolute Gasteiger partial charge is 0.0497 e. The van der Waals surface area contributed by atoms with Crippen LogP contribution in [0.3, 0.4) is 0 Å². The van der Waals surface area contributed by atoms with Crippen LogP contribution < -0.4 is 0 Å². The van der Waals surface area contributed by atoms with E-state index in [-0.39, 0.29) is 0 Å². The average molecular weight is 480 g/mol. The first-order valence-electron chi connectivity index (χ1n) is 13.9. The molecule has 0 saturated carbocycles. The predicted octanol–water partition coefficient (Wildman–Crippen LogP) is 10.6. The lowest BCUT2D eigenvalue weighted by Gasteiger charge is -2.18. The molecular weight excluding hydrogens is 446 g/mol. The Bertz CT molecular complexity index is 1870. The number of hydrogen-bond donors (Lipinski definition) is 0. The zero-order valence-corrected chi connectivity index (χ0v) is 21.8. The minimum Gasteiger partial charge on any atom is -0.340 e. The molecule has 0 aliphatic carbocycles. The molecular formula is C36H33N. The minimum absolute atomic E-state index is 0.706. The molecule has 1 unspecified atom stereocenters. The van der Waals surface area contributed by atoms with Crippen molar-refractivity contribution in [2.45, 2.75) is 46.1 Å². The summed E-state index contributed by atoms with van der Waals surface area (Å²) in [7, 11) is 0. The molecule has 1 heteroatoms. The summed E-state index contributed by atoms with van der Waals surface area (Å²) in [6.07, 6.45) is 5.10. The predicted molar refractivity (Wildman–Crippen MR) is 162 cm³/mol. The van der Waals surface area contributed by atoms with Gasteiger partial charge in [0.05, 0.1) is 0 Å². The fraction of sp³-hybridized carbons (Fsp3) is 0.222. The van der Waals surface area contributed by atoms with Gasteiger partial charge in [-0.3, -0.25) is 0 Å². The number of unbranched alkanes of at least 4 members (excludes halogenated alkanes) is 1. The topological polar surface area (TPSA) is 4.93 Å². The van der Waals surface area contributed by atoms with Crippen LogP contribution in [0.15, 0.2) is 97.1 Å². The molecule has 0 aliphatic rings. The van der Waals surface area contributed by atoms with Gasteiger partial charge in [0.1, 0.15) is 0 Å². The van der Waals surface area contributed by atoms with Crippen LogP contribution >= 0.6 is 0 Å². The summed E-state index contributed by atoms with van der Waals surface area (Å²) in [4.78, 5) is 0. The van der Waals surface area contributed by atoms with E-state index in [0.29, 0.717) is 5.92 Å². The summed E-state index contributed by atoms with van der Waals surface area (Å²) in [5.41, 5.74) is 5.35. The van der Waals surface area contributed by atoms with Gasteiger partial charge in [0.15, 0.2) is 0 Å². The van der Waals surface area contributed by atoms with Crippen LogP contribution in [0.4, 0.5) is 0 Å². The zero-order chi connectivity index (χ0) is 24.9. The molecule has 7 rings (SSSR count). The first-order chi connectivity index (χ1) is 18.3. The van der Waals surface area contributed by atoms with E-state index in [1.165, 1.54) is 90.9 Å². The molecule has 182 valence electrons. The second kappa shape index (κ2) is 8.92. The SMILES string of the molecule is CCCCC(CC)Cn1c2ccccc2c2ccc(-c3ccc4ccc5cccc6ccc3c4c56)cc21. The number of para-hydroxylation sites is 1. The quantitative estimate of drug-likeness (QED) is 0.200. The molecule has 0 saturated heterocycles. The number of hydrogen-bond acceptors (Lipinski definition) is 0. The lowest BCUT2D eigenvalue weighted by molar-refractivity contribution is 0.401. The largest absolute Gasteiger partial charge is 0.340 e. The number of benzene rings is 6. The van der Waals surface area contributed by atoms with Crippen LogP contribution in [0.1, 0.15) is 39.5 Å². The zero-order valence-electron chi connectivity index (χ0n) is 21.8. The second-order valence-corrected chi connectivity index (χ2v) is 10.7. The van der Waals surface area contributed by atoms with E-state index < -0.39 is 0 Å². The van der Waals surface area contributed by atoms with Gasteiger partial charge in [-0.05, 0) is 67.9 Å². The maximum Gasteiger partial charge on any atom is 0.0497 e. The van der Waals surface area contributed by atoms with Crippen LogP contribution in [-0.4, -0.2) is 4.57 Å². The van der Waals surface area contributed by atoms with E-state index >= 15 is 0 Å². The van der Waals surface area contributed by atoms with Crippen molar-refractivity contribution in [2.24, 2.45) is 5.92 Å². The van der Waals surface area contributed by atoms with Crippen molar-refractivity contribution in [3.05, 3.63) is 97.1 Å². The fourth-order valence-electron chi connectivity index (χ4n) is 6.58. The Morgan fingerprint density at radius 1 is 0.622 bits per heavy atom. The van der Waals surface area contributed by atoms with Crippen LogP contribution in [0.2, 0.25) is 0 Å². The van der Waals surface area contributed by atoms with Gasteiger partial charge in [-0.15, -0.1) is 0 Å². The van der Waals surface area contributed by atoms with Crippen LogP contribution in [-0.2, 0) is 6.54 Å². The van der Waals surface area contributed by atoms with E-state index in [4.69, 9.17) is 0 Å². The van der Waals surface area contributed by atoms with Gasteiger partial charge in [-0.2, -0.15) is 0 Å². The van der Waals surface area contributed by atoms with E-state index in [9.17, 15) is 0 Å². The molecule has 0 N–H and O–H groups in total. The van der Waals surface area contributed by atoms with Gasteiger partial charge in [-0.25, -0.2) is 0 Å². The first kappa shape index (κ1) is 22.4. The van der Waals surface area contributed by atoms with Crippen molar-refractivity contribution in [3.8, 4) is 11.1 Å². The number of fused-ring (bicyclic) bond motifs is 3. The molecule has 0 radical (unpaired) electrons. The molecule has 37 heavy (non-hydrogen) atoms. The molecule has 0 bridgehead atoms. The van der Waals surface area contributed by atoms with Gasteiger partial charge in [0.2, 0.25) is 0 Å². The highest BCUT2D eigenvalue weighted by Gasteiger charge is 2.17. The molecule has 0 aliphatic heterocycles. The standard InChI is InChI=1S/C36H33N/c1-3-5-9-24(4-2)23-37-33-13-7-6-12-30(33)31-20-18-28(22-34(31)37)29-19-16-27-15-14-25-10-8-11-26-17-21-32(29)36(27)35(25)26/h6-8,10-22,24H,3-5,9,23H2,1-2H3. The average Bonchev–Trinajstić information content (AvgIpc) is 3.26. The molecule has 1 nitrogen and oxygen atoms in total. The molecule has 7 aromatic rings. The summed E-state index contributed by atoms with van der Waals surface area (Å²) in [5, 5.41) is 10.8. The molecule has 0 fully saturated rings. The van der Waals surface area contributed by atoms with Gasteiger partial charge < -0.3 is 4.57 Å². The minimum atomic E-state index is 0.706. The van der Waals surface area contributed by atoms with Crippen LogP contribution in [0, 0.1) is 5.92 Å². The maximum atomic E-state index is 2.61. The van der Waals surface area contributed by atoms with Crippen molar-refractivity contribution in [1.82, 2.24) is 4.57 Å². The van der Waals surface area contributed by atoms with Crippen molar-refractivity contribution >= 4 is 54.1 Å². The monoisotopic (exact) mass is 479 g/mol. The van der Waals surface area contributed by atoms with Gasteiger partial charge in [-0.1, -0.05) is 118 Å². The van der Waals surface area contributed by atoms with Crippen molar-refractivity contribution in [2.75, 3.05) is 0 Å². The summed E-state index contributed by atoms with van der Waals surface area (Å²) in [6.45, 7) is 5.74. The molecule has 0 spiro atoms. The van der Waals surface area contributed by atoms with Gasteiger partial charge in [0, 0.05) is 28.4 Å². The molecule has 1 heterocycles. The molecule has 1 atom stereocenters. The number of rotatable bonds is 7. The highest BCUT2D eigenvalue weighted by atomic mass is 15.0. The Morgan fingerprint density at radius 2 is 1.32 bits per heavy atom. The van der Waals surface area contributed by atoms with E-state index in [1.807, 2.05) is 0 Å². The third-order valence-corrected chi connectivity index (χ3v) is 8.60. The first-order valence-corrected chi connectivity index (χ1v) is 13.9. The maximum absolute atomic E-state index is 2.61. The molecule has 0 amide bonds. The summed E-state index contributed by atoms with van der Waals surface area (Å²) in [5.74, 6) is 0.706. The Kier molecular flexibility index (Phi) is 5.39. The summed E-state index contributed by atoms with van der Waals surface area (Å²) < 4.78 is 2.61. The number of aromatic nitrogens is 1. The van der Waals surface area contributed by atoms with Gasteiger partial charge >= 0.3 is 0 Å². The molecule has 6 aromatic carbocycles. The number of nitrogens with zero attached hydrogens (tertiary/aromatic N) is 1. The van der Waals surface area contributed by atoms with Crippen molar-refractivity contribution < 1.29 is 0 Å². The van der Waals surface area contributed by atoms with E-state index in [1.54, 1.807) is 0 Å². The summed E-state index contributed by atoms with van der Waals surface area (Å²) >= 11 is 0. The van der Waals surface area contributed by atoms with Gasteiger partial charge in [0.25, 0.3) is 0 Å². The Morgan fingerprint density at radius 3 is 2.14 bits per heavy atom. The van der Waals surface area contributed by atoms with E-state index in [0.717, 1.165) is 6.54 Å². The normalized spacial score (nSPS) is 13.0. The second-order valence-electron chi connectivity index (χ2n) is 10.7. The fourth-order valence-corrected chi connectivity index (χ4v) is 6.58. The highest BCUT2D eigenvalue weighted by molar-refractivity contribution is 6.25.